The molecule has 0 unspecified atom stereocenters. The van der Waals surface area contributed by atoms with Crippen LogP contribution in [-0.2, 0) is 11.2 Å². The van der Waals surface area contributed by atoms with Crippen LogP contribution in [0.4, 0.5) is 5.69 Å². The van der Waals surface area contributed by atoms with Crippen LogP contribution in [0.2, 0.25) is 0 Å². The SMILES string of the molecule is N#Cc1ccc(Br)cc1NC(=O)CCCc1ccccc1. The summed E-state index contributed by atoms with van der Waals surface area (Å²) in [5.41, 5.74) is 2.25. The zero-order valence-corrected chi connectivity index (χ0v) is 13.1. The summed E-state index contributed by atoms with van der Waals surface area (Å²) < 4.78 is 0.834. The van der Waals surface area contributed by atoms with Crippen LogP contribution in [0.5, 0.6) is 0 Å². The van der Waals surface area contributed by atoms with Crippen LogP contribution in [0.25, 0.3) is 0 Å². The van der Waals surface area contributed by atoms with Crippen molar-refractivity contribution in [3.8, 4) is 6.07 Å². The van der Waals surface area contributed by atoms with E-state index in [2.05, 4.69) is 39.4 Å². The number of carbonyl (C=O) groups excluding carboxylic acids is 1. The molecule has 0 saturated heterocycles. The zero-order chi connectivity index (χ0) is 15.1. The lowest BCUT2D eigenvalue weighted by atomic mass is 10.1. The quantitative estimate of drug-likeness (QED) is 0.881. The fourth-order valence-electron chi connectivity index (χ4n) is 2.03. The van der Waals surface area contributed by atoms with E-state index in [9.17, 15) is 4.79 Å². The lowest BCUT2D eigenvalue weighted by molar-refractivity contribution is -0.116. The number of carbonyl (C=O) groups is 1. The van der Waals surface area contributed by atoms with Crippen LogP contribution in [0.15, 0.2) is 53.0 Å². The molecule has 0 heterocycles. The number of aryl methyl sites for hydroxylation is 1. The summed E-state index contributed by atoms with van der Waals surface area (Å²) in [5, 5.41) is 11.8. The van der Waals surface area contributed by atoms with Gasteiger partial charge in [-0.1, -0.05) is 46.3 Å². The molecule has 0 aliphatic rings. The van der Waals surface area contributed by atoms with Gasteiger partial charge in [0.15, 0.2) is 0 Å². The lowest BCUT2D eigenvalue weighted by Gasteiger charge is -2.07. The average molecular weight is 343 g/mol. The van der Waals surface area contributed by atoms with E-state index < -0.39 is 0 Å². The number of nitriles is 1. The second-order valence-electron chi connectivity index (χ2n) is 4.69. The summed E-state index contributed by atoms with van der Waals surface area (Å²) in [6.07, 6.45) is 2.09. The minimum absolute atomic E-state index is 0.0690. The first kappa shape index (κ1) is 15.3. The van der Waals surface area contributed by atoms with E-state index in [1.807, 2.05) is 18.2 Å². The highest BCUT2D eigenvalue weighted by molar-refractivity contribution is 9.10. The molecule has 0 aliphatic carbocycles. The van der Waals surface area contributed by atoms with Crippen molar-refractivity contribution in [2.24, 2.45) is 0 Å². The fraction of sp³-hybridized carbons (Fsp3) is 0.176. The smallest absolute Gasteiger partial charge is 0.224 e. The maximum atomic E-state index is 11.9. The van der Waals surface area contributed by atoms with Crippen LogP contribution in [-0.4, -0.2) is 5.91 Å². The number of benzene rings is 2. The Morgan fingerprint density at radius 1 is 1.19 bits per heavy atom. The fourth-order valence-corrected chi connectivity index (χ4v) is 2.39. The van der Waals surface area contributed by atoms with Gasteiger partial charge in [0.1, 0.15) is 6.07 Å². The third-order valence-corrected chi connectivity index (χ3v) is 3.58. The van der Waals surface area contributed by atoms with Crippen molar-refractivity contribution in [3.63, 3.8) is 0 Å². The number of hydrogen-bond acceptors (Lipinski definition) is 2. The predicted octanol–water partition coefficient (Wildman–Crippen LogP) is 4.28. The van der Waals surface area contributed by atoms with Crippen molar-refractivity contribution >= 4 is 27.5 Å². The van der Waals surface area contributed by atoms with Gasteiger partial charge in [0.05, 0.1) is 11.3 Å². The van der Waals surface area contributed by atoms with Gasteiger partial charge in [-0.05, 0) is 36.6 Å². The summed E-state index contributed by atoms with van der Waals surface area (Å²) in [6, 6.07) is 17.4. The van der Waals surface area contributed by atoms with E-state index >= 15 is 0 Å². The molecule has 0 fully saturated rings. The van der Waals surface area contributed by atoms with Crippen LogP contribution < -0.4 is 5.32 Å². The maximum absolute atomic E-state index is 11.9. The molecule has 0 atom stereocenters. The highest BCUT2D eigenvalue weighted by Crippen LogP contribution is 2.21. The number of anilines is 1. The molecule has 21 heavy (non-hydrogen) atoms. The molecule has 0 aromatic heterocycles. The zero-order valence-electron chi connectivity index (χ0n) is 11.5. The molecular weight excluding hydrogens is 328 g/mol. The van der Waals surface area contributed by atoms with E-state index in [1.165, 1.54) is 5.56 Å². The van der Waals surface area contributed by atoms with Gasteiger partial charge < -0.3 is 5.32 Å². The number of hydrogen-bond donors (Lipinski definition) is 1. The van der Waals surface area contributed by atoms with Crippen molar-refractivity contribution in [3.05, 3.63) is 64.1 Å². The molecule has 0 spiro atoms. The van der Waals surface area contributed by atoms with Crippen LogP contribution in [0, 0.1) is 11.3 Å². The van der Waals surface area contributed by atoms with Gasteiger partial charge in [-0.15, -0.1) is 0 Å². The Bertz CT molecular complexity index is 662. The molecule has 2 rings (SSSR count). The summed E-state index contributed by atoms with van der Waals surface area (Å²) in [7, 11) is 0. The Kier molecular flexibility index (Phi) is 5.53. The Hall–Kier alpha value is -2.12. The Balaban J connectivity index is 1.88. The molecule has 1 N–H and O–H groups in total. The van der Waals surface area contributed by atoms with E-state index in [4.69, 9.17) is 5.26 Å². The summed E-state index contributed by atoms with van der Waals surface area (Å²) in [6.45, 7) is 0. The maximum Gasteiger partial charge on any atom is 0.224 e. The third kappa shape index (κ3) is 4.73. The number of rotatable bonds is 5. The lowest BCUT2D eigenvalue weighted by Crippen LogP contribution is -2.12. The van der Waals surface area contributed by atoms with Gasteiger partial charge >= 0.3 is 0 Å². The Morgan fingerprint density at radius 2 is 1.95 bits per heavy atom. The van der Waals surface area contributed by atoms with Gasteiger partial charge in [-0.25, -0.2) is 0 Å². The first-order valence-corrected chi connectivity index (χ1v) is 7.52. The monoisotopic (exact) mass is 342 g/mol. The summed E-state index contributed by atoms with van der Waals surface area (Å²) in [5.74, 6) is -0.0690. The van der Waals surface area contributed by atoms with Crippen molar-refractivity contribution in [2.75, 3.05) is 5.32 Å². The van der Waals surface area contributed by atoms with E-state index in [0.717, 1.165) is 17.3 Å². The van der Waals surface area contributed by atoms with Gasteiger partial charge in [0, 0.05) is 10.9 Å². The van der Waals surface area contributed by atoms with Crippen LogP contribution >= 0.6 is 15.9 Å². The first-order chi connectivity index (χ1) is 10.2. The average Bonchev–Trinajstić information content (AvgIpc) is 2.48. The highest BCUT2D eigenvalue weighted by atomic mass is 79.9. The first-order valence-electron chi connectivity index (χ1n) is 6.72. The Morgan fingerprint density at radius 3 is 2.67 bits per heavy atom. The van der Waals surface area contributed by atoms with E-state index in [0.29, 0.717) is 17.7 Å². The minimum Gasteiger partial charge on any atom is -0.325 e. The van der Waals surface area contributed by atoms with Crippen molar-refractivity contribution < 1.29 is 4.79 Å². The minimum atomic E-state index is -0.0690. The molecule has 3 nitrogen and oxygen atoms in total. The number of amides is 1. The van der Waals surface area contributed by atoms with Crippen molar-refractivity contribution in [1.29, 1.82) is 5.26 Å². The van der Waals surface area contributed by atoms with Crippen LogP contribution in [0.3, 0.4) is 0 Å². The molecule has 2 aromatic rings. The summed E-state index contributed by atoms with van der Waals surface area (Å²) in [4.78, 5) is 11.9. The predicted molar refractivity (Wildman–Crippen MR) is 86.9 cm³/mol. The largest absolute Gasteiger partial charge is 0.325 e. The number of halogens is 1. The standard InChI is InChI=1S/C17H15BrN2O/c18-15-10-9-14(12-19)16(11-15)20-17(21)8-4-7-13-5-2-1-3-6-13/h1-3,5-6,9-11H,4,7-8H2,(H,20,21). The van der Waals surface area contributed by atoms with Gasteiger partial charge in [0.25, 0.3) is 0 Å². The van der Waals surface area contributed by atoms with Crippen LogP contribution in [0.1, 0.15) is 24.0 Å². The second-order valence-corrected chi connectivity index (χ2v) is 5.60. The molecule has 0 radical (unpaired) electrons. The Labute approximate surface area is 132 Å². The topological polar surface area (TPSA) is 52.9 Å². The summed E-state index contributed by atoms with van der Waals surface area (Å²) >= 11 is 3.34. The van der Waals surface area contributed by atoms with Crippen molar-refractivity contribution in [2.45, 2.75) is 19.3 Å². The molecule has 0 aliphatic heterocycles. The van der Waals surface area contributed by atoms with Gasteiger partial charge in [-0.2, -0.15) is 5.26 Å². The van der Waals surface area contributed by atoms with Gasteiger partial charge in [-0.3, -0.25) is 4.79 Å². The highest BCUT2D eigenvalue weighted by Gasteiger charge is 2.07. The molecule has 106 valence electrons. The molecule has 0 saturated carbocycles. The molecular formula is C17H15BrN2O. The number of nitrogens with zero attached hydrogens (tertiary/aromatic N) is 1. The van der Waals surface area contributed by atoms with E-state index in [-0.39, 0.29) is 5.91 Å². The van der Waals surface area contributed by atoms with Crippen molar-refractivity contribution in [1.82, 2.24) is 0 Å². The van der Waals surface area contributed by atoms with E-state index in [1.54, 1.807) is 18.2 Å². The molecule has 1 amide bonds. The normalized spacial score (nSPS) is 9.90. The second kappa shape index (κ2) is 7.61. The molecule has 4 heteroatoms. The molecule has 0 bridgehead atoms. The van der Waals surface area contributed by atoms with Gasteiger partial charge in [0.2, 0.25) is 5.91 Å². The number of nitrogens with one attached hydrogen (secondary N) is 1. The third-order valence-electron chi connectivity index (χ3n) is 3.09. The molecule has 2 aromatic carbocycles.